The van der Waals surface area contributed by atoms with Crippen molar-refractivity contribution in [1.82, 2.24) is 9.62 Å². The van der Waals surface area contributed by atoms with Crippen LogP contribution in [0.4, 0.5) is 0 Å². The molecule has 0 aliphatic carbocycles. The van der Waals surface area contributed by atoms with E-state index in [2.05, 4.69) is 19.2 Å². The molecule has 0 unspecified atom stereocenters. The Morgan fingerprint density at radius 3 is 2.46 bits per heavy atom. The summed E-state index contributed by atoms with van der Waals surface area (Å²) in [5.74, 6) is 0.735. The van der Waals surface area contributed by atoms with E-state index in [0.717, 1.165) is 5.56 Å². The highest BCUT2D eigenvalue weighted by Gasteiger charge is 2.30. The Morgan fingerprint density at radius 2 is 1.84 bits per heavy atom. The summed E-state index contributed by atoms with van der Waals surface area (Å²) in [5.41, 5.74) is 0.975. The van der Waals surface area contributed by atoms with Gasteiger partial charge in [0.05, 0.1) is 25.2 Å². The minimum atomic E-state index is -3.85. The third-order valence-electron chi connectivity index (χ3n) is 6.16. The van der Waals surface area contributed by atoms with Crippen LogP contribution in [0.25, 0.3) is 0 Å². The van der Waals surface area contributed by atoms with Gasteiger partial charge in [0.2, 0.25) is 16.3 Å². The van der Waals surface area contributed by atoms with Crippen LogP contribution in [0.3, 0.4) is 0 Å². The fourth-order valence-electron chi connectivity index (χ4n) is 3.92. The number of hydrogen-bond acceptors (Lipinski definition) is 7. The highest BCUT2D eigenvalue weighted by atomic mass is 32.2. The molecule has 1 aliphatic rings. The minimum Gasteiger partial charge on any atom is -0.497 e. The van der Waals surface area contributed by atoms with Gasteiger partial charge in [0, 0.05) is 26.1 Å². The third-order valence-corrected chi connectivity index (χ3v) is 8.07. The van der Waals surface area contributed by atoms with Crippen LogP contribution in [-0.4, -0.2) is 63.4 Å². The van der Waals surface area contributed by atoms with Gasteiger partial charge in [-0.3, -0.25) is 4.79 Å². The normalized spacial score (nSPS) is 17.8. The predicted octanol–water partition coefficient (Wildman–Crippen LogP) is 2.91. The summed E-state index contributed by atoms with van der Waals surface area (Å²) in [6.07, 6.45) is 1.67. The predicted molar refractivity (Wildman–Crippen MR) is 139 cm³/mol. The monoisotopic (exact) mass is 532 g/mol. The maximum Gasteiger partial charge on any atom is 0.286 e. The minimum absolute atomic E-state index is 0.0143. The smallest absolute Gasteiger partial charge is 0.286 e. The third kappa shape index (κ3) is 8.03. The molecule has 2 aromatic rings. The lowest BCUT2D eigenvalue weighted by molar-refractivity contribution is -0.150. The number of carbonyl (C=O) groups is 1. The Labute approximate surface area is 219 Å². The Hall–Kier alpha value is -2.92. The van der Waals surface area contributed by atoms with Crippen molar-refractivity contribution in [2.24, 2.45) is 11.8 Å². The summed E-state index contributed by atoms with van der Waals surface area (Å²) in [6, 6.07) is 15.6. The van der Waals surface area contributed by atoms with Crippen molar-refractivity contribution >= 4 is 15.9 Å². The molecule has 1 heterocycles. The summed E-state index contributed by atoms with van der Waals surface area (Å²) in [5, 5.41) is 12.3. The average molecular weight is 533 g/mol. The van der Waals surface area contributed by atoms with Crippen molar-refractivity contribution in [2.45, 2.75) is 38.0 Å². The highest BCUT2D eigenvalue weighted by Crippen LogP contribution is 2.29. The molecule has 0 aromatic heterocycles. The van der Waals surface area contributed by atoms with Crippen molar-refractivity contribution < 1.29 is 32.5 Å². The molecular formula is C27H36N2O7S. The maximum atomic E-state index is 13.1. The first-order valence-corrected chi connectivity index (χ1v) is 13.8. The van der Waals surface area contributed by atoms with Crippen molar-refractivity contribution in [3.05, 3.63) is 72.0 Å². The number of sulfonamides is 1. The second-order valence-electron chi connectivity index (χ2n) is 9.06. The number of amides is 1. The first-order valence-electron chi connectivity index (χ1n) is 12.3. The van der Waals surface area contributed by atoms with E-state index in [-0.39, 0.29) is 54.7 Å². The van der Waals surface area contributed by atoms with Crippen LogP contribution in [0.15, 0.2) is 71.3 Å². The van der Waals surface area contributed by atoms with Gasteiger partial charge in [0.25, 0.3) is 5.91 Å². The Kier molecular flexibility index (Phi) is 10.5. The van der Waals surface area contributed by atoms with Crippen LogP contribution in [0.1, 0.15) is 25.8 Å². The van der Waals surface area contributed by atoms with Crippen LogP contribution in [0.5, 0.6) is 5.75 Å². The lowest BCUT2D eigenvalue weighted by Crippen LogP contribution is -2.38. The zero-order valence-electron chi connectivity index (χ0n) is 21.5. The zero-order chi connectivity index (χ0) is 26.8. The van der Waals surface area contributed by atoms with Gasteiger partial charge in [-0.15, -0.1) is 0 Å². The fourth-order valence-corrected chi connectivity index (χ4v) is 5.34. The Balaban J connectivity index is 1.61. The van der Waals surface area contributed by atoms with Crippen LogP contribution >= 0.6 is 0 Å². The van der Waals surface area contributed by atoms with E-state index in [1.807, 2.05) is 36.4 Å². The number of methoxy groups -OCH3 is 1. The molecular weight excluding hydrogens is 496 g/mol. The number of nitrogens with one attached hydrogen (secondary N) is 1. The van der Waals surface area contributed by atoms with Crippen LogP contribution in [-0.2, 0) is 30.8 Å². The number of hydrogen-bond donors (Lipinski definition) is 2. The molecule has 0 fully saturated rings. The topological polar surface area (TPSA) is 114 Å². The molecule has 0 spiro atoms. The number of benzene rings is 2. The molecule has 0 saturated heterocycles. The van der Waals surface area contributed by atoms with Gasteiger partial charge in [0.1, 0.15) is 5.75 Å². The number of rotatable bonds is 13. The van der Waals surface area contributed by atoms with Crippen LogP contribution < -0.4 is 10.1 Å². The van der Waals surface area contributed by atoms with Gasteiger partial charge in [-0.1, -0.05) is 44.2 Å². The molecule has 3 rings (SSSR count). The van der Waals surface area contributed by atoms with Gasteiger partial charge < -0.3 is 24.6 Å². The molecule has 10 heteroatoms. The maximum absolute atomic E-state index is 13.1. The Bertz CT molecular complexity index is 1140. The first-order chi connectivity index (χ1) is 17.7. The molecule has 1 amide bonds. The summed E-state index contributed by atoms with van der Waals surface area (Å²) >= 11 is 0. The van der Waals surface area contributed by atoms with E-state index in [4.69, 9.17) is 14.2 Å². The van der Waals surface area contributed by atoms with E-state index in [0.29, 0.717) is 18.7 Å². The number of aliphatic hydroxyl groups is 1. The second kappa shape index (κ2) is 13.6. The van der Waals surface area contributed by atoms with Crippen molar-refractivity contribution in [3.8, 4) is 5.75 Å². The second-order valence-corrected chi connectivity index (χ2v) is 11.0. The molecule has 0 saturated carbocycles. The van der Waals surface area contributed by atoms with Crippen molar-refractivity contribution in [3.63, 3.8) is 0 Å². The Morgan fingerprint density at radius 1 is 1.14 bits per heavy atom. The van der Waals surface area contributed by atoms with E-state index in [9.17, 15) is 18.3 Å². The van der Waals surface area contributed by atoms with E-state index in [1.165, 1.54) is 23.5 Å². The van der Waals surface area contributed by atoms with E-state index >= 15 is 0 Å². The molecule has 2 N–H and O–H groups in total. The average Bonchev–Trinajstić information content (AvgIpc) is 2.91. The van der Waals surface area contributed by atoms with E-state index in [1.54, 1.807) is 12.1 Å². The van der Waals surface area contributed by atoms with Gasteiger partial charge in [0.15, 0.2) is 5.76 Å². The van der Waals surface area contributed by atoms with Crippen molar-refractivity contribution in [1.29, 1.82) is 0 Å². The number of nitrogens with zero attached hydrogens (tertiary/aromatic N) is 1. The summed E-state index contributed by atoms with van der Waals surface area (Å²) < 4.78 is 44.2. The lowest BCUT2D eigenvalue weighted by Gasteiger charge is -2.31. The summed E-state index contributed by atoms with van der Waals surface area (Å²) in [7, 11) is -2.35. The van der Waals surface area contributed by atoms with Gasteiger partial charge >= 0.3 is 0 Å². The summed E-state index contributed by atoms with van der Waals surface area (Å²) in [4.78, 5) is 12.9. The lowest BCUT2D eigenvalue weighted by atomic mass is 9.90. The first kappa shape index (κ1) is 28.6. The van der Waals surface area contributed by atoms with Crippen molar-refractivity contribution in [2.75, 3.05) is 33.4 Å². The molecule has 9 nitrogen and oxygen atoms in total. The molecule has 37 heavy (non-hydrogen) atoms. The van der Waals surface area contributed by atoms with E-state index < -0.39 is 16.3 Å². The largest absolute Gasteiger partial charge is 0.497 e. The van der Waals surface area contributed by atoms with Crippen LogP contribution in [0, 0.1) is 11.8 Å². The number of carbonyl (C=O) groups excluding carboxylic acids is 1. The number of ether oxygens (including phenoxy) is 3. The quantitative estimate of drug-likeness (QED) is 0.408. The molecule has 0 bridgehead atoms. The molecule has 202 valence electrons. The van der Waals surface area contributed by atoms with Gasteiger partial charge in [-0.05, 0) is 47.7 Å². The fraction of sp³-hybridized carbons (Fsp3) is 0.444. The highest BCUT2D eigenvalue weighted by molar-refractivity contribution is 7.89. The zero-order valence-corrected chi connectivity index (χ0v) is 22.3. The molecule has 2 aromatic carbocycles. The molecule has 2 atom stereocenters. The number of aliphatic hydroxyl groups excluding tert-OH is 1. The van der Waals surface area contributed by atoms with Crippen LogP contribution in [0.2, 0.25) is 0 Å². The van der Waals surface area contributed by atoms with Gasteiger partial charge in [-0.25, -0.2) is 8.42 Å². The summed E-state index contributed by atoms with van der Waals surface area (Å²) in [6.45, 7) is 4.13. The molecule has 0 radical (unpaired) electrons. The standard InChI is InChI=1S/C27H36N2O7S/c1-20(2)22-17-25(27(31)28-19-21-7-5-4-6-8-21)36-26(18-22)35-16-14-29(13-15-30)37(32,33)24-11-9-23(34-3)10-12-24/h4-12,17,20,22,26,30H,13-16,18-19H2,1-3H3,(H,28,31)/t22-,26+/m0/s1. The SMILES string of the molecule is COc1ccc(S(=O)(=O)N(CCO)CCO[C@H]2C[C@@H](C(C)C)C=C(C(=O)NCc3ccccc3)O2)cc1. The van der Waals surface area contributed by atoms with Gasteiger partial charge in [-0.2, -0.15) is 4.31 Å². The molecule has 1 aliphatic heterocycles. The number of allylic oxidation sites excluding steroid dienone is 1.